The van der Waals surface area contributed by atoms with Crippen molar-refractivity contribution in [2.24, 2.45) is 0 Å². The van der Waals surface area contributed by atoms with E-state index in [2.05, 4.69) is 21.8 Å². The first-order chi connectivity index (χ1) is 11.9. The Bertz CT molecular complexity index is 1050. The Kier molecular flexibility index (Phi) is 3.93. The van der Waals surface area contributed by atoms with Gasteiger partial charge in [-0.2, -0.15) is 0 Å². The number of sulfonamides is 1. The van der Waals surface area contributed by atoms with Gasteiger partial charge in [-0.15, -0.1) is 0 Å². The van der Waals surface area contributed by atoms with Crippen LogP contribution in [0, 0.1) is 13.8 Å². The normalized spacial score (nSPS) is 17.6. The average molecular weight is 354 g/mol. The van der Waals surface area contributed by atoms with Gasteiger partial charge in [-0.05, 0) is 61.6 Å². The summed E-state index contributed by atoms with van der Waals surface area (Å²) in [5.41, 5.74) is 5.70. The zero-order valence-corrected chi connectivity index (χ0v) is 15.3. The summed E-state index contributed by atoms with van der Waals surface area (Å²) in [5.74, 6) is 0. The molecule has 1 aliphatic carbocycles. The molecule has 0 radical (unpaired) electrons. The van der Waals surface area contributed by atoms with Crippen LogP contribution in [0.25, 0.3) is 10.9 Å². The van der Waals surface area contributed by atoms with E-state index in [1.54, 1.807) is 12.1 Å². The minimum atomic E-state index is -3.50. The molecule has 4 nitrogen and oxygen atoms in total. The van der Waals surface area contributed by atoms with Gasteiger partial charge in [0, 0.05) is 29.1 Å². The molecule has 0 amide bonds. The van der Waals surface area contributed by atoms with Gasteiger partial charge in [0.2, 0.25) is 10.0 Å². The second-order valence-electron chi connectivity index (χ2n) is 6.93. The van der Waals surface area contributed by atoms with E-state index >= 15 is 0 Å². The third kappa shape index (κ3) is 2.98. The van der Waals surface area contributed by atoms with Crippen LogP contribution in [-0.2, 0) is 22.9 Å². The number of nitrogens with one attached hydrogen (secondary N) is 2. The summed E-state index contributed by atoms with van der Waals surface area (Å²) in [5, 5.41) is 1.26. The average Bonchev–Trinajstić information content (AvgIpc) is 2.94. The molecule has 5 heteroatoms. The summed E-state index contributed by atoms with van der Waals surface area (Å²) in [7, 11) is -3.50. The van der Waals surface area contributed by atoms with Crippen molar-refractivity contribution in [1.82, 2.24) is 9.71 Å². The lowest BCUT2D eigenvalue weighted by Crippen LogP contribution is -2.38. The monoisotopic (exact) mass is 354 g/mol. The highest BCUT2D eigenvalue weighted by atomic mass is 32.2. The lowest BCUT2D eigenvalue weighted by atomic mass is 9.92. The predicted molar refractivity (Wildman–Crippen MR) is 100 cm³/mol. The molecule has 1 atom stereocenters. The Morgan fingerprint density at radius 2 is 1.88 bits per heavy atom. The number of H-pyrrole nitrogens is 1. The Labute approximate surface area is 148 Å². The first-order valence-electron chi connectivity index (χ1n) is 8.62. The summed E-state index contributed by atoms with van der Waals surface area (Å²) in [4.78, 5) is 3.80. The van der Waals surface area contributed by atoms with Gasteiger partial charge < -0.3 is 4.98 Å². The molecular formula is C20H22N2O2S. The van der Waals surface area contributed by atoms with Crippen molar-refractivity contribution in [3.63, 3.8) is 0 Å². The van der Waals surface area contributed by atoms with Gasteiger partial charge in [-0.1, -0.05) is 24.3 Å². The lowest BCUT2D eigenvalue weighted by molar-refractivity contribution is 0.505. The molecule has 1 heterocycles. The summed E-state index contributed by atoms with van der Waals surface area (Å²) in [6.07, 6.45) is 2.41. The van der Waals surface area contributed by atoms with E-state index in [-0.39, 0.29) is 6.04 Å². The van der Waals surface area contributed by atoms with Crippen LogP contribution in [0.3, 0.4) is 0 Å². The van der Waals surface area contributed by atoms with Gasteiger partial charge in [-0.25, -0.2) is 13.1 Å². The summed E-state index contributed by atoms with van der Waals surface area (Å²) >= 11 is 0. The Hall–Kier alpha value is -2.11. The third-order valence-corrected chi connectivity index (χ3v) is 6.72. The molecule has 1 aromatic heterocycles. The lowest BCUT2D eigenvalue weighted by Gasteiger charge is -2.23. The van der Waals surface area contributed by atoms with Crippen LogP contribution in [0.4, 0.5) is 0 Å². The third-order valence-electron chi connectivity index (χ3n) is 5.21. The van der Waals surface area contributed by atoms with Crippen molar-refractivity contribution in [3.05, 3.63) is 64.8 Å². The molecule has 0 spiro atoms. The van der Waals surface area contributed by atoms with Crippen molar-refractivity contribution in [2.75, 3.05) is 0 Å². The second-order valence-corrected chi connectivity index (χ2v) is 8.65. The van der Waals surface area contributed by atoms with Gasteiger partial charge >= 0.3 is 0 Å². The summed E-state index contributed by atoms with van der Waals surface area (Å²) < 4.78 is 28.3. The molecular weight excluding hydrogens is 332 g/mol. The zero-order chi connectivity index (χ0) is 17.6. The fourth-order valence-corrected chi connectivity index (χ4v) is 5.01. The first kappa shape index (κ1) is 16.4. The molecule has 0 bridgehead atoms. The molecule has 4 rings (SSSR count). The Morgan fingerprint density at radius 1 is 1.08 bits per heavy atom. The van der Waals surface area contributed by atoms with E-state index in [1.807, 2.05) is 32.0 Å². The van der Waals surface area contributed by atoms with Crippen LogP contribution in [0.1, 0.15) is 28.8 Å². The van der Waals surface area contributed by atoms with E-state index in [0.717, 1.165) is 35.2 Å². The maximum absolute atomic E-state index is 12.7. The highest BCUT2D eigenvalue weighted by Gasteiger charge is 2.26. The second kappa shape index (κ2) is 6.00. The van der Waals surface area contributed by atoms with Crippen molar-refractivity contribution < 1.29 is 8.42 Å². The molecule has 2 aromatic carbocycles. The van der Waals surface area contributed by atoms with Crippen LogP contribution < -0.4 is 4.72 Å². The Balaban J connectivity index is 1.58. The number of fused-ring (bicyclic) bond motifs is 3. The number of hydrogen-bond donors (Lipinski definition) is 2. The molecule has 1 aliphatic rings. The van der Waals surface area contributed by atoms with E-state index in [0.29, 0.717) is 11.3 Å². The number of hydrogen-bond acceptors (Lipinski definition) is 2. The first-order valence-corrected chi connectivity index (χ1v) is 10.1. The fraction of sp³-hybridized carbons (Fsp3) is 0.300. The van der Waals surface area contributed by atoms with Gasteiger partial charge in [0.1, 0.15) is 0 Å². The number of rotatable bonds is 3. The molecule has 2 N–H and O–H groups in total. The van der Waals surface area contributed by atoms with Crippen LogP contribution in [0.2, 0.25) is 0 Å². The van der Waals surface area contributed by atoms with Gasteiger partial charge in [0.05, 0.1) is 4.90 Å². The predicted octanol–water partition coefficient (Wildman–Crippen LogP) is 3.62. The van der Waals surface area contributed by atoms with E-state index in [1.165, 1.54) is 10.9 Å². The molecule has 0 fully saturated rings. The highest BCUT2D eigenvalue weighted by Crippen LogP contribution is 2.29. The zero-order valence-electron chi connectivity index (χ0n) is 14.5. The van der Waals surface area contributed by atoms with Crippen LogP contribution in [-0.4, -0.2) is 19.4 Å². The molecule has 3 aromatic rings. The number of aromatic nitrogens is 1. The molecule has 130 valence electrons. The SMILES string of the molecule is Cc1ccc(S(=O)(=O)NC2CCc3c([nH]c4ccccc34)C2)cc1C. The van der Waals surface area contributed by atoms with Crippen molar-refractivity contribution in [2.45, 2.75) is 44.0 Å². The highest BCUT2D eigenvalue weighted by molar-refractivity contribution is 7.89. The standard InChI is InChI=1S/C20H22N2O2S/c1-13-7-9-16(11-14(13)2)25(23,24)22-15-8-10-18-17-5-3-4-6-19(17)21-20(18)12-15/h3-7,9,11,15,21-22H,8,10,12H2,1-2H3. The minimum absolute atomic E-state index is 0.0767. The largest absolute Gasteiger partial charge is 0.358 e. The van der Waals surface area contributed by atoms with Crippen LogP contribution in [0.5, 0.6) is 0 Å². The van der Waals surface area contributed by atoms with Crippen molar-refractivity contribution in [3.8, 4) is 0 Å². The maximum atomic E-state index is 12.7. The van der Waals surface area contributed by atoms with Crippen molar-refractivity contribution in [1.29, 1.82) is 0 Å². The molecule has 0 aliphatic heterocycles. The molecule has 25 heavy (non-hydrogen) atoms. The Morgan fingerprint density at radius 3 is 2.68 bits per heavy atom. The van der Waals surface area contributed by atoms with E-state index in [9.17, 15) is 8.42 Å². The van der Waals surface area contributed by atoms with Gasteiger partial charge in [-0.3, -0.25) is 0 Å². The quantitative estimate of drug-likeness (QED) is 0.755. The minimum Gasteiger partial charge on any atom is -0.358 e. The molecule has 0 saturated carbocycles. The van der Waals surface area contributed by atoms with E-state index in [4.69, 9.17) is 0 Å². The summed E-state index contributed by atoms with van der Waals surface area (Å²) in [6.45, 7) is 3.92. The molecule has 1 unspecified atom stereocenters. The number of para-hydroxylation sites is 1. The van der Waals surface area contributed by atoms with Crippen molar-refractivity contribution >= 4 is 20.9 Å². The summed E-state index contributed by atoms with van der Waals surface area (Å²) in [6, 6.07) is 13.5. The van der Waals surface area contributed by atoms with Crippen LogP contribution >= 0.6 is 0 Å². The van der Waals surface area contributed by atoms with Crippen LogP contribution in [0.15, 0.2) is 47.4 Å². The maximum Gasteiger partial charge on any atom is 0.240 e. The number of aromatic amines is 1. The van der Waals surface area contributed by atoms with Gasteiger partial charge in [0.15, 0.2) is 0 Å². The topological polar surface area (TPSA) is 62.0 Å². The molecule has 0 saturated heterocycles. The number of aryl methyl sites for hydroxylation is 3. The number of benzene rings is 2. The smallest absolute Gasteiger partial charge is 0.240 e. The fourth-order valence-electron chi connectivity index (χ4n) is 3.65. The van der Waals surface area contributed by atoms with Gasteiger partial charge in [0.25, 0.3) is 0 Å². The van der Waals surface area contributed by atoms with E-state index < -0.39 is 10.0 Å².